The Hall–Kier alpha value is -1.57. The van der Waals surface area contributed by atoms with Crippen LogP contribution >= 0.6 is 0 Å². The minimum atomic E-state index is -0.347. The fourth-order valence-electron chi connectivity index (χ4n) is 0.705. The minimum Gasteiger partial charge on any atom is -0.462 e. The molecule has 0 spiro atoms. The summed E-state index contributed by atoms with van der Waals surface area (Å²) in [5.74, 6) is -0.347. The van der Waals surface area contributed by atoms with Gasteiger partial charge in [-0.15, -0.1) is 0 Å². The average molecular weight is 178 g/mol. The van der Waals surface area contributed by atoms with E-state index >= 15 is 0 Å². The molecule has 0 aliphatic carbocycles. The summed E-state index contributed by atoms with van der Waals surface area (Å²) in [7, 11) is 0. The number of carbonyl (C=O) groups is 1. The van der Waals surface area contributed by atoms with Gasteiger partial charge < -0.3 is 4.74 Å². The number of rotatable bonds is 5. The van der Waals surface area contributed by atoms with Crippen molar-refractivity contribution in [3.8, 4) is 0 Å². The first-order valence-corrected chi connectivity index (χ1v) is 4.05. The summed E-state index contributed by atoms with van der Waals surface area (Å²) in [6.45, 7) is 9.15. The van der Waals surface area contributed by atoms with Gasteiger partial charge in [-0.3, -0.25) is 0 Å². The van der Waals surface area contributed by atoms with Crippen molar-refractivity contribution in [3.63, 3.8) is 0 Å². The lowest BCUT2D eigenvalue weighted by Gasteiger charge is -2.00. The molecule has 0 aromatic rings. The molecule has 0 bridgehead atoms. The smallest absolute Gasteiger partial charge is 0.338 e. The van der Waals surface area contributed by atoms with Crippen LogP contribution in [0, 0.1) is 0 Å². The molecule has 0 rings (SSSR count). The fourth-order valence-corrected chi connectivity index (χ4v) is 0.705. The third kappa shape index (κ3) is 4.80. The van der Waals surface area contributed by atoms with E-state index in [1.807, 2.05) is 0 Å². The van der Waals surface area contributed by atoms with Crippen molar-refractivity contribution in [3.05, 3.63) is 49.1 Å². The molecule has 0 unspecified atom stereocenters. The van der Waals surface area contributed by atoms with E-state index in [4.69, 9.17) is 4.74 Å². The Labute approximate surface area is 78.9 Å². The SMILES string of the molecule is C=C/C=C\C(=C/C=C)C(=O)OCC. The number of carbonyl (C=O) groups excluding carboxylic acids is 1. The summed E-state index contributed by atoms with van der Waals surface area (Å²) < 4.78 is 4.81. The molecule has 0 fully saturated rings. The first-order valence-electron chi connectivity index (χ1n) is 4.05. The van der Waals surface area contributed by atoms with Gasteiger partial charge in [-0.2, -0.15) is 0 Å². The van der Waals surface area contributed by atoms with E-state index in [0.717, 1.165) is 0 Å². The third-order valence-corrected chi connectivity index (χ3v) is 1.22. The van der Waals surface area contributed by atoms with Crippen molar-refractivity contribution in [1.29, 1.82) is 0 Å². The van der Waals surface area contributed by atoms with Gasteiger partial charge in [0.15, 0.2) is 0 Å². The van der Waals surface area contributed by atoms with Crippen molar-refractivity contribution >= 4 is 5.97 Å². The molecule has 0 amide bonds. The number of hydrogen-bond acceptors (Lipinski definition) is 2. The van der Waals surface area contributed by atoms with E-state index in [1.54, 1.807) is 37.3 Å². The molecular weight excluding hydrogens is 164 g/mol. The van der Waals surface area contributed by atoms with Crippen LogP contribution in [-0.4, -0.2) is 12.6 Å². The summed E-state index contributed by atoms with van der Waals surface area (Å²) in [4.78, 5) is 11.2. The van der Waals surface area contributed by atoms with Crippen LogP contribution in [0.4, 0.5) is 0 Å². The predicted octanol–water partition coefficient (Wildman–Crippen LogP) is 2.40. The molecule has 70 valence electrons. The predicted molar refractivity (Wildman–Crippen MR) is 54.3 cm³/mol. The highest BCUT2D eigenvalue weighted by Gasteiger charge is 2.04. The zero-order valence-corrected chi connectivity index (χ0v) is 7.82. The Morgan fingerprint density at radius 3 is 2.54 bits per heavy atom. The highest BCUT2D eigenvalue weighted by atomic mass is 16.5. The van der Waals surface area contributed by atoms with Crippen LogP contribution in [0.1, 0.15) is 6.92 Å². The maximum Gasteiger partial charge on any atom is 0.338 e. The summed E-state index contributed by atoms with van der Waals surface area (Å²) in [6.07, 6.45) is 8.03. The third-order valence-electron chi connectivity index (χ3n) is 1.22. The molecule has 0 aliphatic rings. The van der Waals surface area contributed by atoms with Crippen LogP contribution in [0.5, 0.6) is 0 Å². The lowest BCUT2D eigenvalue weighted by molar-refractivity contribution is -0.138. The molecule has 13 heavy (non-hydrogen) atoms. The van der Waals surface area contributed by atoms with Crippen LogP contribution in [0.2, 0.25) is 0 Å². The van der Waals surface area contributed by atoms with Crippen molar-refractivity contribution in [2.45, 2.75) is 6.92 Å². The molecule has 0 saturated carbocycles. The van der Waals surface area contributed by atoms with Crippen LogP contribution in [0.3, 0.4) is 0 Å². The topological polar surface area (TPSA) is 26.3 Å². The average Bonchev–Trinajstić information content (AvgIpc) is 2.12. The molecule has 0 saturated heterocycles. The first kappa shape index (κ1) is 11.4. The van der Waals surface area contributed by atoms with Crippen LogP contribution in [0.25, 0.3) is 0 Å². The van der Waals surface area contributed by atoms with E-state index < -0.39 is 0 Å². The largest absolute Gasteiger partial charge is 0.462 e. The molecule has 0 radical (unpaired) electrons. The first-order chi connectivity index (χ1) is 6.26. The molecule has 2 heteroatoms. The van der Waals surface area contributed by atoms with E-state index in [2.05, 4.69) is 13.2 Å². The second-order valence-electron chi connectivity index (χ2n) is 2.17. The van der Waals surface area contributed by atoms with Gasteiger partial charge in [0.25, 0.3) is 0 Å². The Morgan fingerprint density at radius 1 is 1.38 bits per heavy atom. The Balaban J connectivity index is 4.50. The normalized spacial score (nSPS) is 11.3. The molecule has 0 N–H and O–H groups in total. The van der Waals surface area contributed by atoms with Gasteiger partial charge >= 0.3 is 5.97 Å². The second-order valence-corrected chi connectivity index (χ2v) is 2.17. The lowest BCUT2D eigenvalue weighted by atomic mass is 10.2. The highest BCUT2D eigenvalue weighted by molar-refractivity contribution is 5.91. The van der Waals surface area contributed by atoms with Crippen molar-refractivity contribution in [2.75, 3.05) is 6.61 Å². The lowest BCUT2D eigenvalue weighted by Crippen LogP contribution is -2.05. The fraction of sp³-hybridized carbons (Fsp3) is 0.182. The zero-order chi connectivity index (χ0) is 10.1. The zero-order valence-electron chi connectivity index (χ0n) is 7.82. The summed E-state index contributed by atoms with van der Waals surface area (Å²) in [5, 5.41) is 0. The van der Waals surface area contributed by atoms with Crippen LogP contribution in [-0.2, 0) is 9.53 Å². The molecule has 0 aromatic heterocycles. The maximum absolute atomic E-state index is 11.2. The number of ether oxygens (including phenoxy) is 1. The van der Waals surface area contributed by atoms with Gasteiger partial charge in [0.2, 0.25) is 0 Å². The number of esters is 1. The van der Waals surface area contributed by atoms with Gasteiger partial charge in [-0.05, 0) is 19.1 Å². The van der Waals surface area contributed by atoms with Gasteiger partial charge in [0.1, 0.15) is 0 Å². The minimum absolute atomic E-state index is 0.347. The summed E-state index contributed by atoms with van der Waals surface area (Å²) in [5.41, 5.74) is 0.469. The molecule has 0 heterocycles. The van der Waals surface area contributed by atoms with Crippen molar-refractivity contribution in [2.24, 2.45) is 0 Å². The quantitative estimate of drug-likeness (QED) is 0.367. The molecule has 0 atom stereocenters. The number of allylic oxidation sites excluding steroid dienone is 4. The highest BCUT2D eigenvalue weighted by Crippen LogP contribution is 2.01. The Kier molecular flexibility index (Phi) is 6.24. The van der Waals surface area contributed by atoms with Gasteiger partial charge in [-0.1, -0.05) is 31.4 Å². The number of hydrogen-bond donors (Lipinski definition) is 0. The second kappa shape index (κ2) is 7.10. The molecule has 0 aliphatic heterocycles. The Bertz CT molecular complexity index is 247. The molecular formula is C11H14O2. The Morgan fingerprint density at radius 2 is 2.08 bits per heavy atom. The van der Waals surface area contributed by atoms with E-state index in [-0.39, 0.29) is 5.97 Å². The van der Waals surface area contributed by atoms with Gasteiger partial charge in [0.05, 0.1) is 12.2 Å². The standard InChI is InChI=1S/C11H14O2/c1-4-7-9-10(8-5-2)11(12)13-6-3/h4-5,7-9H,1-2,6H2,3H3/b9-7-,10-8+. The maximum atomic E-state index is 11.2. The van der Waals surface area contributed by atoms with E-state index in [1.165, 1.54) is 0 Å². The van der Waals surface area contributed by atoms with Crippen LogP contribution < -0.4 is 0 Å². The van der Waals surface area contributed by atoms with E-state index in [0.29, 0.717) is 12.2 Å². The van der Waals surface area contributed by atoms with Crippen LogP contribution in [0.15, 0.2) is 49.1 Å². The monoisotopic (exact) mass is 178 g/mol. The summed E-state index contributed by atoms with van der Waals surface area (Å²) >= 11 is 0. The van der Waals surface area contributed by atoms with Gasteiger partial charge in [-0.25, -0.2) is 4.79 Å². The summed E-state index contributed by atoms with van der Waals surface area (Å²) in [6, 6.07) is 0. The molecule has 2 nitrogen and oxygen atoms in total. The molecule has 0 aromatic carbocycles. The van der Waals surface area contributed by atoms with Gasteiger partial charge in [0, 0.05) is 0 Å². The van der Waals surface area contributed by atoms with Crippen molar-refractivity contribution in [1.82, 2.24) is 0 Å². The van der Waals surface area contributed by atoms with Crippen molar-refractivity contribution < 1.29 is 9.53 Å². The van der Waals surface area contributed by atoms with E-state index in [9.17, 15) is 4.79 Å².